The summed E-state index contributed by atoms with van der Waals surface area (Å²) in [7, 11) is 3.06. The van der Waals surface area contributed by atoms with Crippen LogP contribution in [-0.4, -0.2) is 26.0 Å². The zero-order chi connectivity index (χ0) is 19.9. The van der Waals surface area contributed by atoms with E-state index in [9.17, 15) is 9.59 Å². The lowest BCUT2D eigenvalue weighted by Gasteiger charge is -2.13. The number of ether oxygens (including phenoxy) is 2. The van der Waals surface area contributed by atoms with Gasteiger partial charge in [0, 0.05) is 16.8 Å². The Bertz CT molecular complexity index is 987. The Morgan fingerprint density at radius 3 is 2.14 bits per heavy atom. The van der Waals surface area contributed by atoms with E-state index in [-0.39, 0.29) is 11.8 Å². The highest BCUT2D eigenvalue weighted by molar-refractivity contribution is 6.07. The molecule has 0 bridgehead atoms. The number of benzene rings is 3. The molecule has 0 atom stereocenters. The van der Waals surface area contributed by atoms with E-state index in [0.717, 1.165) is 0 Å². The molecule has 0 aliphatic heterocycles. The maximum Gasteiger partial charge on any atom is 0.255 e. The van der Waals surface area contributed by atoms with Gasteiger partial charge in [-0.1, -0.05) is 24.3 Å². The Kier molecular flexibility index (Phi) is 5.91. The molecule has 0 saturated heterocycles. The standard InChI is InChI=1S/C22H20N2O4/c1-27-18-10-6-9-16(13-18)22(26)23-17-11-12-20(28-2)19(14-17)24-21(25)15-7-4-3-5-8-15/h3-14H,1-2H3,(H,23,26)(H,24,25). The van der Waals surface area contributed by atoms with Gasteiger partial charge in [0.25, 0.3) is 11.8 Å². The third kappa shape index (κ3) is 4.48. The van der Waals surface area contributed by atoms with E-state index in [2.05, 4.69) is 10.6 Å². The zero-order valence-corrected chi connectivity index (χ0v) is 15.6. The minimum absolute atomic E-state index is 0.268. The van der Waals surface area contributed by atoms with Gasteiger partial charge in [-0.15, -0.1) is 0 Å². The van der Waals surface area contributed by atoms with Crippen LogP contribution in [0.5, 0.6) is 11.5 Å². The number of nitrogens with one attached hydrogen (secondary N) is 2. The molecule has 2 amide bonds. The average Bonchev–Trinajstić information content (AvgIpc) is 2.74. The molecular weight excluding hydrogens is 356 g/mol. The first-order chi connectivity index (χ1) is 13.6. The van der Waals surface area contributed by atoms with Gasteiger partial charge in [-0.3, -0.25) is 9.59 Å². The lowest BCUT2D eigenvalue weighted by atomic mass is 10.1. The molecule has 3 aromatic carbocycles. The van der Waals surface area contributed by atoms with Gasteiger partial charge in [0.1, 0.15) is 11.5 Å². The fourth-order valence-corrected chi connectivity index (χ4v) is 2.64. The van der Waals surface area contributed by atoms with E-state index in [1.807, 2.05) is 6.07 Å². The molecule has 142 valence electrons. The second-order valence-corrected chi connectivity index (χ2v) is 5.92. The van der Waals surface area contributed by atoms with Crippen molar-refractivity contribution in [3.63, 3.8) is 0 Å². The molecule has 0 saturated carbocycles. The summed E-state index contributed by atoms with van der Waals surface area (Å²) in [6.07, 6.45) is 0. The van der Waals surface area contributed by atoms with Crippen LogP contribution in [0.15, 0.2) is 72.8 Å². The van der Waals surface area contributed by atoms with Gasteiger partial charge < -0.3 is 20.1 Å². The van der Waals surface area contributed by atoms with Gasteiger partial charge in [0.2, 0.25) is 0 Å². The normalized spacial score (nSPS) is 10.1. The van der Waals surface area contributed by atoms with Crippen LogP contribution >= 0.6 is 0 Å². The second kappa shape index (κ2) is 8.73. The maximum absolute atomic E-state index is 12.5. The van der Waals surface area contributed by atoms with E-state index in [1.54, 1.807) is 73.8 Å². The Balaban J connectivity index is 1.80. The molecule has 3 rings (SSSR count). The summed E-state index contributed by atoms with van der Waals surface area (Å²) in [5, 5.41) is 5.63. The molecule has 0 aliphatic rings. The molecule has 0 radical (unpaired) electrons. The van der Waals surface area contributed by atoms with Crippen molar-refractivity contribution in [2.75, 3.05) is 24.9 Å². The van der Waals surface area contributed by atoms with Gasteiger partial charge in [-0.25, -0.2) is 0 Å². The lowest BCUT2D eigenvalue weighted by molar-refractivity contribution is 0.101. The molecule has 2 N–H and O–H groups in total. The number of carbonyl (C=O) groups is 2. The van der Waals surface area contributed by atoms with Crippen LogP contribution in [-0.2, 0) is 0 Å². The smallest absolute Gasteiger partial charge is 0.255 e. The van der Waals surface area contributed by atoms with Crippen molar-refractivity contribution >= 4 is 23.2 Å². The van der Waals surface area contributed by atoms with E-state index in [4.69, 9.17) is 9.47 Å². The van der Waals surface area contributed by atoms with E-state index in [1.165, 1.54) is 7.11 Å². The minimum Gasteiger partial charge on any atom is -0.497 e. The van der Waals surface area contributed by atoms with Crippen molar-refractivity contribution in [3.8, 4) is 11.5 Å². The van der Waals surface area contributed by atoms with Crippen LogP contribution in [0.3, 0.4) is 0 Å². The van der Waals surface area contributed by atoms with Crippen molar-refractivity contribution < 1.29 is 19.1 Å². The van der Waals surface area contributed by atoms with Gasteiger partial charge in [-0.2, -0.15) is 0 Å². The third-order valence-electron chi connectivity index (χ3n) is 4.07. The molecule has 0 aromatic heterocycles. The molecule has 0 aliphatic carbocycles. The van der Waals surface area contributed by atoms with E-state index in [0.29, 0.717) is 34.0 Å². The van der Waals surface area contributed by atoms with Crippen LogP contribution < -0.4 is 20.1 Å². The molecule has 28 heavy (non-hydrogen) atoms. The summed E-state index contributed by atoms with van der Waals surface area (Å²) >= 11 is 0. The summed E-state index contributed by atoms with van der Waals surface area (Å²) < 4.78 is 10.5. The fraction of sp³-hybridized carbons (Fsp3) is 0.0909. The van der Waals surface area contributed by atoms with Crippen molar-refractivity contribution in [1.29, 1.82) is 0 Å². The lowest BCUT2D eigenvalue weighted by Crippen LogP contribution is -2.14. The first-order valence-corrected chi connectivity index (χ1v) is 8.60. The predicted octanol–water partition coefficient (Wildman–Crippen LogP) is 4.21. The Labute approximate surface area is 163 Å². The van der Waals surface area contributed by atoms with Crippen LogP contribution in [0.2, 0.25) is 0 Å². The highest BCUT2D eigenvalue weighted by Gasteiger charge is 2.12. The number of methoxy groups -OCH3 is 2. The topological polar surface area (TPSA) is 76.7 Å². The van der Waals surface area contributed by atoms with Crippen molar-refractivity contribution in [2.45, 2.75) is 0 Å². The summed E-state index contributed by atoms with van der Waals surface area (Å²) in [6.45, 7) is 0. The van der Waals surface area contributed by atoms with Crippen molar-refractivity contribution in [3.05, 3.63) is 83.9 Å². The van der Waals surface area contributed by atoms with E-state index < -0.39 is 0 Å². The zero-order valence-electron chi connectivity index (χ0n) is 15.6. The summed E-state index contributed by atoms with van der Waals surface area (Å²) in [4.78, 5) is 24.9. The van der Waals surface area contributed by atoms with Gasteiger partial charge >= 0.3 is 0 Å². The van der Waals surface area contributed by atoms with Gasteiger partial charge in [0.15, 0.2) is 0 Å². The largest absolute Gasteiger partial charge is 0.497 e. The molecule has 0 unspecified atom stereocenters. The highest BCUT2D eigenvalue weighted by Crippen LogP contribution is 2.28. The second-order valence-electron chi connectivity index (χ2n) is 5.92. The molecule has 0 spiro atoms. The van der Waals surface area contributed by atoms with Gasteiger partial charge in [-0.05, 0) is 48.5 Å². The maximum atomic E-state index is 12.5. The average molecular weight is 376 g/mol. The number of anilines is 2. The van der Waals surface area contributed by atoms with E-state index >= 15 is 0 Å². The summed E-state index contributed by atoms with van der Waals surface area (Å²) in [5.74, 6) is 0.529. The van der Waals surface area contributed by atoms with Crippen molar-refractivity contribution in [1.82, 2.24) is 0 Å². The Morgan fingerprint density at radius 2 is 1.43 bits per heavy atom. The fourth-order valence-electron chi connectivity index (χ4n) is 2.64. The number of rotatable bonds is 6. The quantitative estimate of drug-likeness (QED) is 0.676. The van der Waals surface area contributed by atoms with Crippen LogP contribution in [0.1, 0.15) is 20.7 Å². The molecule has 0 heterocycles. The predicted molar refractivity (Wildman–Crippen MR) is 108 cm³/mol. The summed E-state index contributed by atoms with van der Waals surface area (Å²) in [6, 6.07) is 20.7. The number of hydrogen-bond acceptors (Lipinski definition) is 4. The molecule has 0 fully saturated rings. The van der Waals surface area contributed by atoms with Crippen LogP contribution in [0, 0.1) is 0 Å². The molecule has 3 aromatic rings. The minimum atomic E-state index is -0.288. The molecular formula is C22H20N2O4. The third-order valence-corrected chi connectivity index (χ3v) is 4.07. The Morgan fingerprint density at radius 1 is 0.714 bits per heavy atom. The van der Waals surface area contributed by atoms with Crippen LogP contribution in [0.25, 0.3) is 0 Å². The van der Waals surface area contributed by atoms with Crippen molar-refractivity contribution in [2.24, 2.45) is 0 Å². The Hall–Kier alpha value is -3.80. The number of hydrogen-bond donors (Lipinski definition) is 2. The van der Waals surface area contributed by atoms with Gasteiger partial charge in [0.05, 0.1) is 19.9 Å². The highest BCUT2D eigenvalue weighted by atomic mass is 16.5. The van der Waals surface area contributed by atoms with Crippen LogP contribution in [0.4, 0.5) is 11.4 Å². The SMILES string of the molecule is COc1cccc(C(=O)Nc2ccc(OC)c(NC(=O)c3ccccc3)c2)c1. The molecule has 6 nitrogen and oxygen atoms in total. The summed E-state index contributed by atoms with van der Waals surface area (Å²) in [5.41, 5.74) is 1.97. The first kappa shape index (κ1) is 19.0. The monoisotopic (exact) mass is 376 g/mol. The number of carbonyl (C=O) groups excluding carboxylic acids is 2. The molecule has 6 heteroatoms. The number of amides is 2. The first-order valence-electron chi connectivity index (χ1n) is 8.60.